The van der Waals surface area contributed by atoms with Crippen molar-refractivity contribution in [1.82, 2.24) is 9.78 Å². The summed E-state index contributed by atoms with van der Waals surface area (Å²) in [6.45, 7) is 9.76. The second-order valence-corrected chi connectivity index (χ2v) is 5.40. The number of aromatic nitrogens is 2. The van der Waals surface area contributed by atoms with Crippen molar-refractivity contribution in [2.45, 2.75) is 52.9 Å². The van der Waals surface area contributed by atoms with Crippen molar-refractivity contribution >= 4 is 5.97 Å². The van der Waals surface area contributed by atoms with E-state index in [0.29, 0.717) is 5.56 Å². The molecule has 5 heteroatoms. The Balaban J connectivity index is 2.71. The summed E-state index contributed by atoms with van der Waals surface area (Å²) < 4.78 is 6.96. The third kappa shape index (κ3) is 3.84. The smallest absolute Gasteiger partial charge is 0.312 e. The van der Waals surface area contributed by atoms with E-state index in [4.69, 9.17) is 4.74 Å². The highest BCUT2D eigenvalue weighted by molar-refractivity contribution is 5.73. The molecule has 0 fully saturated rings. The molecular formula is C13H22N2O3. The number of aryl methyl sites for hydroxylation is 1. The van der Waals surface area contributed by atoms with Crippen LogP contribution in [-0.4, -0.2) is 26.5 Å². The van der Waals surface area contributed by atoms with E-state index in [1.165, 1.54) is 0 Å². The maximum Gasteiger partial charge on any atom is 0.312 e. The molecular weight excluding hydrogens is 232 g/mol. The third-order valence-corrected chi connectivity index (χ3v) is 2.57. The van der Waals surface area contributed by atoms with Gasteiger partial charge in [-0.05, 0) is 34.6 Å². The molecule has 1 N–H and O–H groups in total. The fraction of sp³-hybridized carbons (Fsp3) is 0.692. The summed E-state index contributed by atoms with van der Waals surface area (Å²) in [7, 11) is 0. The number of nitrogens with zero attached hydrogens (tertiary/aromatic N) is 2. The topological polar surface area (TPSA) is 64.4 Å². The van der Waals surface area contributed by atoms with Crippen LogP contribution in [0.4, 0.5) is 0 Å². The molecule has 0 aliphatic carbocycles. The van der Waals surface area contributed by atoms with Crippen LogP contribution in [0.15, 0.2) is 12.4 Å². The van der Waals surface area contributed by atoms with Crippen molar-refractivity contribution in [3.8, 4) is 0 Å². The highest BCUT2D eigenvalue weighted by atomic mass is 16.6. The molecule has 0 aliphatic rings. The maximum absolute atomic E-state index is 11.8. The lowest BCUT2D eigenvalue weighted by atomic mass is 10.00. The minimum atomic E-state index is -0.889. The van der Waals surface area contributed by atoms with E-state index in [9.17, 15) is 9.90 Å². The van der Waals surface area contributed by atoms with E-state index in [1.807, 2.05) is 6.92 Å². The van der Waals surface area contributed by atoms with Gasteiger partial charge < -0.3 is 9.84 Å². The van der Waals surface area contributed by atoms with Gasteiger partial charge in [0.15, 0.2) is 0 Å². The SMILES string of the molecule is CCn1cc(C(O)C(C)C(=O)OC(C)(C)C)cn1. The molecule has 0 aliphatic heterocycles. The van der Waals surface area contributed by atoms with Crippen LogP contribution in [0.3, 0.4) is 0 Å². The number of esters is 1. The molecule has 18 heavy (non-hydrogen) atoms. The number of hydrogen-bond donors (Lipinski definition) is 1. The van der Waals surface area contributed by atoms with Crippen LogP contribution >= 0.6 is 0 Å². The van der Waals surface area contributed by atoms with Gasteiger partial charge >= 0.3 is 5.97 Å². The fourth-order valence-corrected chi connectivity index (χ4v) is 1.52. The number of hydrogen-bond acceptors (Lipinski definition) is 4. The normalized spacial score (nSPS) is 15.2. The van der Waals surface area contributed by atoms with Crippen LogP contribution in [0.1, 0.15) is 46.3 Å². The van der Waals surface area contributed by atoms with Gasteiger partial charge in [0.1, 0.15) is 5.60 Å². The zero-order chi connectivity index (χ0) is 13.9. The first-order valence-electron chi connectivity index (χ1n) is 6.18. The Morgan fingerprint density at radius 1 is 1.56 bits per heavy atom. The van der Waals surface area contributed by atoms with E-state index in [-0.39, 0.29) is 0 Å². The van der Waals surface area contributed by atoms with Crippen LogP contribution in [-0.2, 0) is 16.1 Å². The summed E-state index contributed by atoms with van der Waals surface area (Å²) in [5.41, 5.74) is 0.0915. The molecule has 102 valence electrons. The first kappa shape index (κ1) is 14.7. The number of aliphatic hydroxyl groups excluding tert-OH is 1. The highest BCUT2D eigenvalue weighted by Crippen LogP contribution is 2.24. The van der Waals surface area contributed by atoms with Gasteiger partial charge in [-0.25, -0.2) is 0 Å². The zero-order valence-electron chi connectivity index (χ0n) is 11.7. The Bertz CT molecular complexity index is 407. The van der Waals surface area contributed by atoms with E-state index in [1.54, 1.807) is 44.8 Å². The lowest BCUT2D eigenvalue weighted by Crippen LogP contribution is -2.30. The maximum atomic E-state index is 11.8. The molecule has 1 aromatic heterocycles. The standard InChI is InChI=1S/C13H22N2O3/c1-6-15-8-10(7-14-15)11(16)9(2)12(17)18-13(3,4)5/h7-9,11,16H,6H2,1-5H3. The largest absolute Gasteiger partial charge is 0.460 e. The molecule has 0 aromatic carbocycles. The Morgan fingerprint density at radius 3 is 2.61 bits per heavy atom. The minimum absolute atomic E-state index is 0.403. The number of aliphatic hydroxyl groups is 1. The van der Waals surface area contributed by atoms with Gasteiger partial charge in [0.25, 0.3) is 0 Å². The van der Waals surface area contributed by atoms with E-state index < -0.39 is 23.6 Å². The predicted molar refractivity (Wildman–Crippen MR) is 67.9 cm³/mol. The molecule has 1 aromatic rings. The van der Waals surface area contributed by atoms with Gasteiger partial charge in [-0.3, -0.25) is 9.48 Å². The van der Waals surface area contributed by atoms with Crippen molar-refractivity contribution in [1.29, 1.82) is 0 Å². The average molecular weight is 254 g/mol. The predicted octanol–water partition coefficient (Wildman–Crippen LogP) is 1.91. The number of rotatable bonds is 4. The van der Waals surface area contributed by atoms with Crippen molar-refractivity contribution in [3.63, 3.8) is 0 Å². The van der Waals surface area contributed by atoms with Crippen LogP contribution < -0.4 is 0 Å². The van der Waals surface area contributed by atoms with E-state index in [0.717, 1.165) is 6.54 Å². The third-order valence-electron chi connectivity index (χ3n) is 2.57. The van der Waals surface area contributed by atoms with Crippen LogP contribution in [0.25, 0.3) is 0 Å². The van der Waals surface area contributed by atoms with E-state index in [2.05, 4.69) is 5.10 Å². The summed E-state index contributed by atoms with van der Waals surface area (Å²) in [5.74, 6) is -1.02. The molecule has 0 bridgehead atoms. The first-order chi connectivity index (χ1) is 8.24. The summed E-state index contributed by atoms with van der Waals surface area (Å²) >= 11 is 0. The molecule has 0 amide bonds. The van der Waals surface area contributed by atoms with Crippen LogP contribution in [0.2, 0.25) is 0 Å². The van der Waals surface area contributed by atoms with Crippen molar-refractivity contribution in [2.75, 3.05) is 0 Å². The minimum Gasteiger partial charge on any atom is -0.460 e. The average Bonchev–Trinajstić information content (AvgIpc) is 2.73. The fourth-order valence-electron chi connectivity index (χ4n) is 1.52. The first-order valence-corrected chi connectivity index (χ1v) is 6.18. The molecule has 0 radical (unpaired) electrons. The van der Waals surface area contributed by atoms with Crippen LogP contribution in [0.5, 0.6) is 0 Å². The summed E-state index contributed by atoms with van der Waals surface area (Å²) in [6.07, 6.45) is 2.43. The lowest BCUT2D eigenvalue weighted by Gasteiger charge is -2.24. The van der Waals surface area contributed by atoms with Gasteiger partial charge in [0.2, 0.25) is 0 Å². The second kappa shape index (κ2) is 5.52. The molecule has 1 heterocycles. The van der Waals surface area contributed by atoms with Gasteiger partial charge in [-0.2, -0.15) is 5.10 Å². The lowest BCUT2D eigenvalue weighted by molar-refractivity contribution is -0.163. The molecule has 5 nitrogen and oxygen atoms in total. The molecule has 0 spiro atoms. The zero-order valence-corrected chi connectivity index (χ0v) is 11.7. The summed E-state index contributed by atoms with van der Waals surface area (Å²) in [4.78, 5) is 11.8. The van der Waals surface area contributed by atoms with Crippen LogP contribution in [0, 0.1) is 5.92 Å². The van der Waals surface area contributed by atoms with Gasteiger partial charge in [-0.15, -0.1) is 0 Å². The Labute approximate surface area is 108 Å². The molecule has 0 saturated carbocycles. The van der Waals surface area contributed by atoms with Crippen molar-refractivity contribution < 1.29 is 14.6 Å². The molecule has 0 saturated heterocycles. The molecule has 2 unspecified atom stereocenters. The number of ether oxygens (including phenoxy) is 1. The summed E-state index contributed by atoms with van der Waals surface area (Å²) in [6, 6.07) is 0. The molecule has 2 atom stereocenters. The van der Waals surface area contributed by atoms with Gasteiger partial charge in [0.05, 0.1) is 18.2 Å². The monoisotopic (exact) mass is 254 g/mol. The Morgan fingerprint density at radius 2 is 2.17 bits per heavy atom. The Kier molecular flexibility index (Phi) is 4.51. The van der Waals surface area contributed by atoms with Gasteiger partial charge in [-0.1, -0.05) is 0 Å². The number of carbonyl (C=O) groups is 1. The quantitative estimate of drug-likeness (QED) is 0.834. The second-order valence-electron chi connectivity index (χ2n) is 5.40. The number of carbonyl (C=O) groups excluding carboxylic acids is 1. The molecule has 1 rings (SSSR count). The van der Waals surface area contributed by atoms with E-state index >= 15 is 0 Å². The van der Waals surface area contributed by atoms with Crippen molar-refractivity contribution in [3.05, 3.63) is 18.0 Å². The highest BCUT2D eigenvalue weighted by Gasteiger charge is 2.28. The Hall–Kier alpha value is -1.36. The summed E-state index contributed by atoms with van der Waals surface area (Å²) in [5, 5.41) is 14.2. The van der Waals surface area contributed by atoms with Gasteiger partial charge in [0, 0.05) is 18.3 Å². The van der Waals surface area contributed by atoms with Crippen molar-refractivity contribution in [2.24, 2.45) is 5.92 Å².